The third kappa shape index (κ3) is 3.04. The zero-order chi connectivity index (χ0) is 14.5. The maximum absolute atomic E-state index is 12.1. The molecule has 0 radical (unpaired) electrons. The van der Waals surface area contributed by atoms with E-state index in [2.05, 4.69) is 16.3 Å². The molecule has 1 atom stereocenters. The van der Waals surface area contributed by atoms with Gasteiger partial charge in [-0.1, -0.05) is 12.1 Å². The number of hydrogen-bond acceptors (Lipinski definition) is 4. The van der Waals surface area contributed by atoms with Crippen LogP contribution in [0.5, 0.6) is 5.75 Å². The van der Waals surface area contributed by atoms with Gasteiger partial charge in [0.15, 0.2) is 0 Å². The van der Waals surface area contributed by atoms with Crippen molar-refractivity contribution in [2.24, 2.45) is 0 Å². The molecule has 20 heavy (non-hydrogen) atoms. The lowest BCUT2D eigenvalue weighted by molar-refractivity contribution is -0.133. The highest BCUT2D eigenvalue weighted by molar-refractivity contribution is 5.81. The van der Waals surface area contributed by atoms with Crippen LogP contribution in [0.4, 0.5) is 5.69 Å². The number of ether oxygens (including phenoxy) is 1. The van der Waals surface area contributed by atoms with Crippen molar-refractivity contribution in [3.05, 3.63) is 24.3 Å². The minimum Gasteiger partial charge on any atom is -0.495 e. The highest BCUT2D eigenvalue weighted by atomic mass is 16.5. The van der Waals surface area contributed by atoms with Crippen molar-refractivity contribution in [2.75, 3.05) is 45.2 Å². The van der Waals surface area contributed by atoms with Crippen molar-refractivity contribution in [3.63, 3.8) is 0 Å². The van der Waals surface area contributed by atoms with Gasteiger partial charge < -0.3 is 19.9 Å². The third-order valence-electron chi connectivity index (χ3n) is 3.82. The fourth-order valence-electron chi connectivity index (χ4n) is 2.46. The molecule has 5 nitrogen and oxygen atoms in total. The average Bonchev–Trinajstić information content (AvgIpc) is 2.53. The van der Waals surface area contributed by atoms with Crippen LogP contribution in [-0.2, 0) is 4.79 Å². The molecular weight excluding hydrogens is 254 g/mol. The molecule has 0 aliphatic carbocycles. The largest absolute Gasteiger partial charge is 0.495 e. The summed E-state index contributed by atoms with van der Waals surface area (Å²) in [5, 5.41) is 3.00. The van der Waals surface area contributed by atoms with Gasteiger partial charge >= 0.3 is 0 Å². The van der Waals surface area contributed by atoms with Crippen molar-refractivity contribution < 1.29 is 9.53 Å². The molecule has 1 heterocycles. The zero-order valence-electron chi connectivity index (χ0n) is 12.4. The Labute approximate surface area is 120 Å². The fraction of sp³-hybridized carbons (Fsp3) is 0.533. The molecule has 1 aromatic carbocycles. The summed E-state index contributed by atoms with van der Waals surface area (Å²) in [6.45, 7) is 5.08. The molecular formula is C15H23N3O2. The standard InChI is InChI=1S/C15H23N3O2/c1-12(16-2)15(19)18-10-8-17(9-11-18)13-6-4-5-7-14(13)20-3/h4-7,12,16H,8-11H2,1-3H3. The van der Waals surface area contributed by atoms with Gasteiger partial charge in [0.1, 0.15) is 5.75 Å². The van der Waals surface area contributed by atoms with E-state index in [9.17, 15) is 4.79 Å². The van der Waals surface area contributed by atoms with Crippen LogP contribution in [0.15, 0.2) is 24.3 Å². The van der Waals surface area contributed by atoms with Crippen molar-refractivity contribution in [3.8, 4) is 5.75 Å². The van der Waals surface area contributed by atoms with Gasteiger partial charge in [0, 0.05) is 26.2 Å². The summed E-state index contributed by atoms with van der Waals surface area (Å²) in [4.78, 5) is 16.3. The zero-order valence-corrected chi connectivity index (χ0v) is 12.4. The predicted molar refractivity (Wildman–Crippen MR) is 80.3 cm³/mol. The number of piperazine rings is 1. The molecule has 0 bridgehead atoms. The molecule has 1 aromatic rings. The fourth-order valence-corrected chi connectivity index (χ4v) is 2.46. The van der Waals surface area contributed by atoms with Crippen LogP contribution in [0.2, 0.25) is 0 Å². The first kappa shape index (κ1) is 14.7. The van der Waals surface area contributed by atoms with E-state index < -0.39 is 0 Å². The number of nitrogens with one attached hydrogen (secondary N) is 1. The Morgan fingerprint density at radius 2 is 1.90 bits per heavy atom. The quantitative estimate of drug-likeness (QED) is 0.890. The second-order valence-corrected chi connectivity index (χ2v) is 4.99. The number of carbonyl (C=O) groups is 1. The monoisotopic (exact) mass is 277 g/mol. The van der Waals surface area contributed by atoms with E-state index in [1.807, 2.05) is 37.1 Å². The summed E-state index contributed by atoms with van der Waals surface area (Å²) in [6.07, 6.45) is 0. The number of methoxy groups -OCH3 is 1. The summed E-state index contributed by atoms with van der Waals surface area (Å²) in [5.74, 6) is 1.06. The van der Waals surface area contributed by atoms with E-state index >= 15 is 0 Å². The number of carbonyl (C=O) groups excluding carboxylic acids is 1. The molecule has 1 aliphatic heterocycles. The Bertz CT molecular complexity index is 456. The molecule has 1 unspecified atom stereocenters. The molecule has 1 saturated heterocycles. The first-order valence-electron chi connectivity index (χ1n) is 7.01. The van der Waals surface area contributed by atoms with Gasteiger partial charge in [0.05, 0.1) is 18.8 Å². The van der Waals surface area contributed by atoms with Crippen LogP contribution in [0, 0.1) is 0 Å². The lowest BCUT2D eigenvalue weighted by atomic mass is 10.2. The topological polar surface area (TPSA) is 44.8 Å². The van der Waals surface area contributed by atoms with Crippen molar-refractivity contribution in [2.45, 2.75) is 13.0 Å². The number of benzene rings is 1. The van der Waals surface area contributed by atoms with Gasteiger partial charge in [0.2, 0.25) is 5.91 Å². The van der Waals surface area contributed by atoms with Crippen LogP contribution >= 0.6 is 0 Å². The van der Waals surface area contributed by atoms with E-state index in [1.165, 1.54) is 0 Å². The van der Waals surface area contributed by atoms with Gasteiger partial charge in [-0.3, -0.25) is 4.79 Å². The smallest absolute Gasteiger partial charge is 0.239 e. The Morgan fingerprint density at radius 3 is 2.50 bits per heavy atom. The van der Waals surface area contributed by atoms with E-state index in [0.717, 1.165) is 37.6 Å². The summed E-state index contributed by atoms with van der Waals surface area (Å²) in [5.41, 5.74) is 1.10. The van der Waals surface area contributed by atoms with E-state index in [1.54, 1.807) is 7.11 Å². The number of anilines is 1. The first-order chi connectivity index (χ1) is 9.67. The molecule has 0 saturated carbocycles. The highest BCUT2D eigenvalue weighted by Gasteiger charge is 2.25. The normalized spacial score (nSPS) is 16.9. The Balaban J connectivity index is 1.99. The molecule has 2 rings (SSSR count). The molecule has 0 aromatic heterocycles. The SMILES string of the molecule is CNC(C)C(=O)N1CCN(c2ccccc2OC)CC1. The molecule has 5 heteroatoms. The van der Waals surface area contributed by atoms with Gasteiger partial charge in [-0.05, 0) is 26.1 Å². The number of likely N-dealkylation sites (N-methyl/N-ethyl adjacent to an activating group) is 1. The minimum absolute atomic E-state index is 0.118. The van der Waals surface area contributed by atoms with E-state index in [-0.39, 0.29) is 11.9 Å². The third-order valence-corrected chi connectivity index (χ3v) is 3.82. The lowest BCUT2D eigenvalue weighted by Crippen LogP contribution is -2.53. The van der Waals surface area contributed by atoms with Gasteiger partial charge in [-0.15, -0.1) is 0 Å². The van der Waals surface area contributed by atoms with Crippen LogP contribution in [0.3, 0.4) is 0 Å². The van der Waals surface area contributed by atoms with Crippen LogP contribution < -0.4 is 15.0 Å². The summed E-state index contributed by atoms with van der Waals surface area (Å²) in [6, 6.07) is 7.89. The summed E-state index contributed by atoms with van der Waals surface area (Å²) < 4.78 is 5.40. The maximum atomic E-state index is 12.1. The van der Waals surface area contributed by atoms with Crippen molar-refractivity contribution in [1.82, 2.24) is 10.2 Å². The number of para-hydroxylation sites is 2. The number of amides is 1. The average molecular weight is 277 g/mol. The van der Waals surface area contributed by atoms with Crippen LogP contribution in [0.25, 0.3) is 0 Å². The Morgan fingerprint density at radius 1 is 1.25 bits per heavy atom. The number of hydrogen-bond donors (Lipinski definition) is 1. The molecule has 1 aliphatic rings. The van der Waals surface area contributed by atoms with Gasteiger partial charge in [0.25, 0.3) is 0 Å². The highest BCUT2D eigenvalue weighted by Crippen LogP contribution is 2.28. The maximum Gasteiger partial charge on any atom is 0.239 e. The Kier molecular flexibility index (Phi) is 4.84. The van der Waals surface area contributed by atoms with Crippen LogP contribution in [0.1, 0.15) is 6.92 Å². The molecule has 1 fully saturated rings. The van der Waals surface area contributed by atoms with E-state index in [0.29, 0.717) is 0 Å². The number of rotatable bonds is 4. The molecule has 1 amide bonds. The Hall–Kier alpha value is -1.75. The van der Waals surface area contributed by atoms with Crippen molar-refractivity contribution in [1.29, 1.82) is 0 Å². The predicted octanol–water partition coefficient (Wildman–Crippen LogP) is 0.952. The molecule has 0 spiro atoms. The second-order valence-electron chi connectivity index (χ2n) is 4.99. The lowest BCUT2D eigenvalue weighted by Gasteiger charge is -2.37. The van der Waals surface area contributed by atoms with Crippen LogP contribution in [-0.4, -0.2) is 57.2 Å². The summed E-state index contributed by atoms with van der Waals surface area (Å²) in [7, 11) is 3.50. The van der Waals surface area contributed by atoms with Crippen molar-refractivity contribution >= 4 is 11.6 Å². The first-order valence-corrected chi connectivity index (χ1v) is 7.01. The van der Waals surface area contributed by atoms with Gasteiger partial charge in [-0.25, -0.2) is 0 Å². The van der Waals surface area contributed by atoms with E-state index in [4.69, 9.17) is 4.74 Å². The summed E-state index contributed by atoms with van der Waals surface area (Å²) >= 11 is 0. The number of nitrogens with zero attached hydrogens (tertiary/aromatic N) is 2. The second kappa shape index (κ2) is 6.61. The molecule has 110 valence electrons. The van der Waals surface area contributed by atoms with Gasteiger partial charge in [-0.2, -0.15) is 0 Å². The minimum atomic E-state index is -0.118. The molecule has 1 N–H and O–H groups in total.